The van der Waals surface area contributed by atoms with Crippen molar-refractivity contribution in [3.05, 3.63) is 52.2 Å². The Morgan fingerprint density at radius 3 is 2.70 bits per heavy atom. The molecule has 0 aromatic carbocycles. The third-order valence-corrected chi connectivity index (χ3v) is 5.93. The first kappa shape index (κ1) is 14.4. The fourth-order valence-corrected chi connectivity index (χ4v) is 4.71. The van der Waals surface area contributed by atoms with Crippen molar-refractivity contribution in [1.29, 1.82) is 0 Å². The highest BCUT2D eigenvalue weighted by Gasteiger charge is 2.17. The van der Waals surface area contributed by atoms with Crippen molar-refractivity contribution in [2.24, 2.45) is 0 Å². The van der Waals surface area contributed by atoms with Gasteiger partial charge < -0.3 is 4.52 Å². The van der Waals surface area contributed by atoms with Crippen molar-refractivity contribution in [1.82, 2.24) is 14.7 Å². The zero-order valence-electron chi connectivity index (χ0n) is 13.0. The van der Waals surface area contributed by atoms with Gasteiger partial charge in [0.2, 0.25) is 0 Å². The minimum atomic E-state index is 0.802. The molecule has 0 unspecified atom stereocenters. The summed E-state index contributed by atoms with van der Waals surface area (Å²) < 4.78 is 7.07. The molecule has 0 spiro atoms. The maximum atomic E-state index is 4.98. The summed E-state index contributed by atoms with van der Waals surface area (Å²) in [5.74, 6) is 0.802. The summed E-state index contributed by atoms with van der Waals surface area (Å²) in [7, 11) is 0. The first-order valence-electron chi connectivity index (χ1n) is 7.25. The molecule has 0 bridgehead atoms. The number of hydrogen-bond acceptors (Lipinski definition) is 5. The van der Waals surface area contributed by atoms with E-state index < -0.39 is 0 Å². The van der Waals surface area contributed by atoms with E-state index in [-0.39, 0.29) is 0 Å². The average Bonchev–Trinajstić information content (AvgIpc) is 3.26. The smallest absolute Gasteiger partial charge is 0.180 e. The fourth-order valence-electron chi connectivity index (χ4n) is 2.79. The molecule has 0 aliphatic carbocycles. The summed E-state index contributed by atoms with van der Waals surface area (Å²) >= 11 is 3.44. The topological polar surface area (TPSA) is 43.9 Å². The molecule has 0 radical (unpaired) electrons. The monoisotopic (exact) mass is 341 g/mol. The van der Waals surface area contributed by atoms with E-state index in [4.69, 9.17) is 9.51 Å². The molecule has 4 aromatic heterocycles. The fraction of sp³-hybridized carbons (Fsp3) is 0.176. The van der Waals surface area contributed by atoms with E-state index in [0.29, 0.717) is 0 Å². The van der Waals surface area contributed by atoms with Gasteiger partial charge in [0, 0.05) is 28.4 Å². The number of rotatable bonds is 3. The van der Waals surface area contributed by atoms with Crippen LogP contribution in [0.2, 0.25) is 0 Å². The van der Waals surface area contributed by atoms with Gasteiger partial charge in [-0.2, -0.15) is 0 Å². The molecular formula is C17H15N3OS2. The summed E-state index contributed by atoms with van der Waals surface area (Å²) in [6.45, 7) is 6.29. The van der Waals surface area contributed by atoms with E-state index in [2.05, 4.69) is 53.4 Å². The van der Waals surface area contributed by atoms with E-state index in [9.17, 15) is 0 Å². The van der Waals surface area contributed by atoms with Gasteiger partial charge in [-0.15, -0.1) is 22.7 Å². The molecule has 116 valence electrons. The number of thiazole rings is 1. The maximum Gasteiger partial charge on any atom is 0.180 e. The standard InChI is InChI=1S/C17H15N3OS2/c1-10-5-7-22-16(10)17-18-14(9-23-17)13-8-11(2)20(12(13)3)15-4-6-21-19-15/h4-9H,1-3H3. The van der Waals surface area contributed by atoms with Crippen molar-refractivity contribution < 1.29 is 4.52 Å². The lowest BCUT2D eigenvalue weighted by atomic mass is 10.2. The molecule has 0 saturated heterocycles. The van der Waals surface area contributed by atoms with Crippen molar-refractivity contribution in [2.75, 3.05) is 0 Å². The first-order valence-corrected chi connectivity index (χ1v) is 9.01. The highest BCUT2D eigenvalue weighted by Crippen LogP contribution is 2.36. The van der Waals surface area contributed by atoms with Gasteiger partial charge in [-0.1, -0.05) is 5.16 Å². The summed E-state index contributed by atoms with van der Waals surface area (Å²) in [6.07, 6.45) is 1.59. The third kappa shape index (κ3) is 2.34. The van der Waals surface area contributed by atoms with Crippen LogP contribution in [0, 0.1) is 20.8 Å². The number of nitrogens with zero attached hydrogens (tertiary/aromatic N) is 3. The van der Waals surface area contributed by atoms with Gasteiger partial charge in [-0.25, -0.2) is 4.98 Å². The van der Waals surface area contributed by atoms with Crippen molar-refractivity contribution in [3.63, 3.8) is 0 Å². The van der Waals surface area contributed by atoms with Crippen LogP contribution in [0.25, 0.3) is 27.0 Å². The molecule has 0 aliphatic heterocycles. The highest BCUT2D eigenvalue weighted by molar-refractivity contribution is 7.20. The van der Waals surface area contributed by atoms with Gasteiger partial charge in [0.1, 0.15) is 11.3 Å². The second-order valence-corrected chi connectivity index (χ2v) is 7.22. The van der Waals surface area contributed by atoms with Gasteiger partial charge >= 0.3 is 0 Å². The average molecular weight is 341 g/mol. The Morgan fingerprint density at radius 2 is 2.00 bits per heavy atom. The Bertz CT molecular complexity index is 960. The van der Waals surface area contributed by atoms with Crippen LogP contribution < -0.4 is 0 Å². The van der Waals surface area contributed by atoms with E-state index in [0.717, 1.165) is 33.5 Å². The molecule has 0 amide bonds. The van der Waals surface area contributed by atoms with Crippen molar-refractivity contribution in [2.45, 2.75) is 20.8 Å². The van der Waals surface area contributed by atoms with Gasteiger partial charge in [0.25, 0.3) is 0 Å². The lowest BCUT2D eigenvalue weighted by Gasteiger charge is -2.04. The van der Waals surface area contributed by atoms with E-state index >= 15 is 0 Å². The van der Waals surface area contributed by atoms with Crippen molar-refractivity contribution >= 4 is 22.7 Å². The Hall–Kier alpha value is -2.18. The Balaban J connectivity index is 1.79. The maximum absolute atomic E-state index is 4.98. The number of aryl methyl sites for hydroxylation is 2. The number of thiophene rings is 1. The van der Waals surface area contributed by atoms with Gasteiger partial charge in [0.15, 0.2) is 5.82 Å². The second-order valence-electron chi connectivity index (χ2n) is 5.45. The minimum Gasteiger partial charge on any atom is -0.363 e. The van der Waals surface area contributed by atoms with Gasteiger partial charge in [-0.3, -0.25) is 4.57 Å². The summed E-state index contributed by atoms with van der Waals surface area (Å²) in [5, 5.41) is 9.37. The molecule has 0 saturated carbocycles. The normalized spacial score (nSPS) is 11.3. The highest BCUT2D eigenvalue weighted by atomic mass is 32.1. The molecule has 4 heterocycles. The van der Waals surface area contributed by atoms with Crippen LogP contribution in [0.1, 0.15) is 17.0 Å². The predicted octanol–water partition coefficient (Wildman–Crippen LogP) is 5.24. The zero-order valence-corrected chi connectivity index (χ0v) is 14.7. The molecular weight excluding hydrogens is 326 g/mol. The van der Waals surface area contributed by atoms with Crippen LogP contribution in [0.3, 0.4) is 0 Å². The van der Waals surface area contributed by atoms with Crippen LogP contribution in [0.4, 0.5) is 0 Å². The number of hydrogen-bond donors (Lipinski definition) is 0. The van der Waals surface area contributed by atoms with Crippen LogP contribution in [0.5, 0.6) is 0 Å². The van der Waals surface area contributed by atoms with Crippen LogP contribution in [-0.2, 0) is 0 Å². The molecule has 0 aliphatic rings. The van der Waals surface area contributed by atoms with Crippen LogP contribution in [0.15, 0.2) is 39.7 Å². The minimum absolute atomic E-state index is 0.802. The first-order chi connectivity index (χ1) is 11.1. The summed E-state index contributed by atoms with van der Waals surface area (Å²) in [6, 6.07) is 6.16. The van der Waals surface area contributed by atoms with E-state index in [1.807, 2.05) is 6.07 Å². The second kappa shape index (κ2) is 5.47. The van der Waals surface area contributed by atoms with Gasteiger partial charge in [0.05, 0.1) is 10.6 Å². The molecule has 23 heavy (non-hydrogen) atoms. The molecule has 0 N–H and O–H groups in total. The quantitative estimate of drug-likeness (QED) is 0.511. The number of aromatic nitrogens is 3. The Morgan fingerprint density at radius 1 is 1.13 bits per heavy atom. The molecule has 0 atom stereocenters. The van der Waals surface area contributed by atoms with E-state index in [1.54, 1.807) is 28.9 Å². The van der Waals surface area contributed by atoms with Crippen LogP contribution in [-0.4, -0.2) is 14.7 Å². The van der Waals surface area contributed by atoms with E-state index in [1.165, 1.54) is 10.4 Å². The van der Waals surface area contributed by atoms with Crippen molar-refractivity contribution in [3.8, 4) is 27.0 Å². The Kier molecular flexibility index (Phi) is 3.43. The van der Waals surface area contributed by atoms with Gasteiger partial charge in [-0.05, 0) is 43.8 Å². The predicted molar refractivity (Wildman–Crippen MR) is 94.5 cm³/mol. The van der Waals surface area contributed by atoms with Crippen LogP contribution >= 0.6 is 22.7 Å². The molecule has 0 fully saturated rings. The zero-order chi connectivity index (χ0) is 16.0. The lowest BCUT2D eigenvalue weighted by molar-refractivity contribution is 0.416. The third-order valence-electron chi connectivity index (χ3n) is 3.92. The molecule has 4 aromatic rings. The Labute approximate surface area is 142 Å². The SMILES string of the molecule is Cc1ccsc1-c1nc(-c2cc(C)n(-c3ccon3)c2C)cs1. The summed E-state index contributed by atoms with van der Waals surface area (Å²) in [5.41, 5.74) is 5.68. The molecule has 6 heteroatoms. The largest absolute Gasteiger partial charge is 0.363 e. The lowest BCUT2D eigenvalue weighted by Crippen LogP contribution is -1.99. The molecule has 4 rings (SSSR count). The molecule has 4 nitrogen and oxygen atoms in total. The summed E-state index contributed by atoms with van der Waals surface area (Å²) in [4.78, 5) is 6.11.